The molecule has 0 spiro atoms. The van der Waals surface area contributed by atoms with E-state index in [2.05, 4.69) is 42.7 Å². The van der Waals surface area contributed by atoms with Crippen molar-refractivity contribution in [2.24, 2.45) is 7.05 Å². The zero-order valence-corrected chi connectivity index (χ0v) is 14.3. The molecule has 1 unspecified atom stereocenters. The van der Waals surface area contributed by atoms with Gasteiger partial charge in [0.1, 0.15) is 5.82 Å². The van der Waals surface area contributed by atoms with E-state index in [1.807, 2.05) is 30.1 Å². The number of para-hydroxylation sites is 2. The molecule has 1 saturated heterocycles. The second-order valence-electron chi connectivity index (χ2n) is 6.71. The molecule has 122 valence electrons. The van der Waals surface area contributed by atoms with Gasteiger partial charge in [-0.1, -0.05) is 24.3 Å². The number of amides is 1. The summed E-state index contributed by atoms with van der Waals surface area (Å²) >= 11 is 0. The summed E-state index contributed by atoms with van der Waals surface area (Å²) in [6.07, 6.45) is 0.518. The average molecular weight is 319 g/mol. The molecule has 24 heavy (non-hydrogen) atoms. The molecule has 4 heteroatoms. The lowest BCUT2D eigenvalue weighted by molar-refractivity contribution is -0.117. The van der Waals surface area contributed by atoms with Gasteiger partial charge in [0.05, 0.1) is 11.0 Å². The largest absolute Gasteiger partial charge is 0.331 e. The third-order valence-corrected chi connectivity index (χ3v) is 4.97. The monoisotopic (exact) mass is 319 g/mol. The first kappa shape index (κ1) is 14.9. The summed E-state index contributed by atoms with van der Waals surface area (Å²) < 4.78 is 2.12. The molecule has 1 fully saturated rings. The van der Waals surface area contributed by atoms with Gasteiger partial charge in [0.15, 0.2) is 0 Å². The number of hydrogen-bond donors (Lipinski definition) is 0. The number of imidazole rings is 1. The van der Waals surface area contributed by atoms with Crippen LogP contribution in [0.1, 0.15) is 29.3 Å². The standard InChI is InChI=1S/C20H21N3O/c1-13-8-9-14(2)18(10-13)23-12-15(11-19(23)24)20-21-16-6-4-5-7-17(16)22(20)3/h4-10,15H,11-12H2,1-3H3. The highest BCUT2D eigenvalue weighted by Gasteiger charge is 2.34. The van der Waals surface area contributed by atoms with E-state index in [0.717, 1.165) is 28.1 Å². The van der Waals surface area contributed by atoms with Crippen molar-refractivity contribution in [3.05, 3.63) is 59.4 Å². The van der Waals surface area contributed by atoms with Crippen LogP contribution < -0.4 is 4.90 Å². The second kappa shape index (κ2) is 5.48. The molecule has 3 aromatic rings. The quantitative estimate of drug-likeness (QED) is 0.722. The van der Waals surface area contributed by atoms with Gasteiger partial charge in [-0.15, -0.1) is 0 Å². The number of nitrogens with zero attached hydrogens (tertiary/aromatic N) is 3. The Morgan fingerprint density at radius 3 is 2.71 bits per heavy atom. The Labute approximate surface area is 141 Å². The summed E-state index contributed by atoms with van der Waals surface area (Å²) in [6.45, 7) is 4.82. The lowest BCUT2D eigenvalue weighted by Crippen LogP contribution is -2.25. The number of carbonyl (C=O) groups excluding carboxylic acids is 1. The molecule has 0 aliphatic carbocycles. The molecule has 0 bridgehead atoms. The first-order valence-electron chi connectivity index (χ1n) is 8.33. The molecule has 1 aromatic heterocycles. The van der Waals surface area contributed by atoms with Gasteiger partial charge < -0.3 is 9.47 Å². The summed E-state index contributed by atoms with van der Waals surface area (Å²) in [5.74, 6) is 1.31. The maximum atomic E-state index is 12.6. The van der Waals surface area contributed by atoms with Crippen molar-refractivity contribution in [1.29, 1.82) is 0 Å². The fourth-order valence-corrected chi connectivity index (χ4v) is 3.65. The van der Waals surface area contributed by atoms with Crippen molar-refractivity contribution >= 4 is 22.6 Å². The number of aromatic nitrogens is 2. The van der Waals surface area contributed by atoms with Crippen molar-refractivity contribution in [2.45, 2.75) is 26.2 Å². The van der Waals surface area contributed by atoms with Crippen molar-refractivity contribution < 1.29 is 4.79 Å². The molecule has 1 aliphatic heterocycles. The van der Waals surface area contributed by atoms with E-state index >= 15 is 0 Å². The molecule has 4 nitrogen and oxygen atoms in total. The van der Waals surface area contributed by atoms with Crippen molar-refractivity contribution in [3.63, 3.8) is 0 Å². The Morgan fingerprint density at radius 2 is 1.92 bits per heavy atom. The number of benzene rings is 2. The predicted octanol–water partition coefficient (Wildman–Crippen LogP) is 3.71. The van der Waals surface area contributed by atoms with Gasteiger partial charge in [-0.3, -0.25) is 4.79 Å². The summed E-state index contributed by atoms with van der Waals surface area (Å²) in [5, 5.41) is 0. The average Bonchev–Trinajstić information content (AvgIpc) is 3.11. The van der Waals surface area contributed by atoms with Gasteiger partial charge in [-0.25, -0.2) is 4.98 Å². The first-order chi connectivity index (χ1) is 11.5. The molecule has 0 saturated carbocycles. The molecule has 1 aliphatic rings. The van der Waals surface area contributed by atoms with Crippen molar-refractivity contribution in [3.8, 4) is 0 Å². The zero-order chi connectivity index (χ0) is 16.8. The number of rotatable bonds is 2. The highest BCUT2D eigenvalue weighted by Crippen LogP contribution is 2.34. The van der Waals surface area contributed by atoms with Crippen LogP contribution >= 0.6 is 0 Å². The van der Waals surface area contributed by atoms with E-state index < -0.39 is 0 Å². The third kappa shape index (κ3) is 2.30. The van der Waals surface area contributed by atoms with E-state index in [9.17, 15) is 4.79 Å². The van der Waals surface area contributed by atoms with Crippen LogP contribution in [0.5, 0.6) is 0 Å². The van der Waals surface area contributed by atoms with Crippen LogP contribution in [0.4, 0.5) is 5.69 Å². The van der Waals surface area contributed by atoms with Crippen LogP contribution in [0.2, 0.25) is 0 Å². The summed E-state index contributed by atoms with van der Waals surface area (Å²) in [7, 11) is 2.04. The minimum atomic E-state index is 0.134. The molecule has 0 radical (unpaired) electrons. The third-order valence-electron chi connectivity index (χ3n) is 4.97. The number of hydrogen-bond acceptors (Lipinski definition) is 2. The molecule has 4 rings (SSSR count). The van der Waals surface area contributed by atoms with Crippen LogP contribution in [-0.4, -0.2) is 22.0 Å². The fraction of sp³-hybridized carbons (Fsp3) is 0.300. The maximum Gasteiger partial charge on any atom is 0.227 e. The minimum Gasteiger partial charge on any atom is -0.331 e. The Morgan fingerprint density at radius 1 is 1.12 bits per heavy atom. The van der Waals surface area contributed by atoms with E-state index in [4.69, 9.17) is 4.98 Å². The van der Waals surface area contributed by atoms with Crippen molar-refractivity contribution in [2.75, 3.05) is 11.4 Å². The number of anilines is 1. The van der Waals surface area contributed by atoms with Crippen LogP contribution in [0.25, 0.3) is 11.0 Å². The van der Waals surface area contributed by atoms with Crippen LogP contribution in [0.15, 0.2) is 42.5 Å². The van der Waals surface area contributed by atoms with Crippen LogP contribution in [0.3, 0.4) is 0 Å². The normalized spacial score (nSPS) is 17.9. The lowest BCUT2D eigenvalue weighted by Gasteiger charge is -2.19. The second-order valence-corrected chi connectivity index (χ2v) is 6.71. The van der Waals surface area contributed by atoms with E-state index in [0.29, 0.717) is 13.0 Å². The maximum absolute atomic E-state index is 12.6. The topological polar surface area (TPSA) is 38.1 Å². The minimum absolute atomic E-state index is 0.134. The first-order valence-corrected chi connectivity index (χ1v) is 8.33. The molecular weight excluding hydrogens is 298 g/mol. The smallest absolute Gasteiger partial charge is 0.227 e. The molecular formula is C20H21N3O. The Bertz CT molecular complexity index is 941. The summed E-state index contributed by atoms with van der Waals surface area (Å²) in [5.41, 5.74) is 5.45. The highest BCUT2D eigenvalue weighted by atomic mass is 16.2. The van der Waals surface area contributed by atoms with Crippen LogP contribution in [0, 0.1) is 13.8 Å². The Balaban J connectivity index is 1.71. The van der Waals surface area contributed by atoms with Gasteiger partial charge in [0.2, 0.25) is 5.91 Å². The summed E-state index contributed by atoms with van der Waals surface area (Å²) in [6, 6.07) is 14.4. The fourth-order valence-electron chi connectivity index (χ4n) is 3.65. The van der Waals surface area contributed by atoms with Gasteiger partial charge in [-0.05, 0) is 43.2 Å². The molecule has 1 amide bonds. The number of fused-ring (bicyclic) bond motifs is 1. The van der Waals surface area contributed by atoms with E-state index in [1.165, 1.54) is 5.56 Å². The van der Waals surface area contributed by atoms with Gasteiger partial charge >= 0.3 is 0 Å². The molecule has 2 heterocycles. The number of carbonyl (C=O) groups is 1. The van der Waals surface area contributed by atoms with Gasteiger partial charge in [0, 0.05) is 31.6 Å². The van der Waals surface area contributed by atoms with Gasteiger partial charge in [0.25, 0.3) is 0 Å². The predicted molar refractivity (Wildman–Crippen MR) is 96.3 cm³/mol. The summed E-state index contributed by atoms with van der Waals surface area (Å²) in [4.78, 5) is 19.3. The lowest BCUT2D eigenvalue weighted by atomic mass is 10.1. The Kier molecular flexibility index (Phi) is 3.41. The van der Waals surface area contributed by atoms with Gasteiger partial charge in [-0.2, -0.15) is 0 Å². The SMILES string of the molecule is Cc1ccc(C)c(N2CC(c3nc4ccccc4n3C)CC2=O)c1. The van der Waals surface area contributed by atoms with E-state index in [1.54, 1.807) is 0 Å². The molecule has 0 N–H and O–H groups in total. The van der Waals surface area contributed by atoms with Crippen LogP contribution in [-0.2, 0) is 11.8 Å². The van der Waals surface area contributed by atoms with Crippen molar-refractivity contribution in [1.82, 2.24) is 9.55 Å². The molecule has 2 aromatic carbocycles. The van der Waals surface area contributed by atoms with E-state index in [-0.39, 0.29) is 11.8 Å². The molecule has 1 atom stereocenters. The number of aryl methyl sites for hydroxylation is 3. The highest BCUT2D eigenvalue weighted by molar-refractivity contribution is 5.97. The zero-order valence-electron chi connectivity index (χ0n) is 14.3. The Hall–Kier alpha value is -2.62.